The van der Waals surface area contributed by atoms with Crippen molar-refractivity contribution in [2.24, 2.45) is 0 Å². The summed E-state index contributed by atoms with van der Waals surface area (Å²) in [6, 6.07) is 20.1. The third-order valence-corrected chi connectivity index (χ3v) is 5.53. The van der Waals surface area contributed by atoms with Gasteiger partial charge in [-0.05, 0) is 46.7 Å². The van der Waals surface area contributed by atoms with Crippen LogP contribution in [0.5, 0.6) is 0 Å². The van der Waals surface area contributed by atoms with Gasteiger partial charge in [0, 0.05) is 29.6 Å². The van der Waals surface area contributed by atoms with Gasteiger partial charge in [-0.2, -0.15) is 0 Å². The number of nitrogens with one attached hydrogen (secondary N) is 1. The van der Waals surface area contributed by atoms with E-state index in [1.54, 1.807) is 23.5 Å². The normalized spacial score (nSPS) is 12.2. The Labute approximate surface area is 161 Å². The minimum absolute atomic E-state index is 0.0319. The molecule has 4 aromatic rings. The van der Waals surface area contributed by atoms with Crippen LogP contribution in [0.1, 0.15) is 22.9 Å². The van der Waals surface area contributed by atoms with E-state index in [0.29, 0.717) is 13.0 Å². The number of halogens is 1. The van der Waals surface area contributed by atoms with Gasteiger partial charge < -0.3 is 9.88 Å². The molecule has 0 spiro atoms. The Morgan fingerprint density at radius 1 is 1.04 bits per heavy atom. The van der Waals surface area contributed by atoms with Crippen molar-refractivity contribution in [3.8, 4) is 0 Å². The Hall–Kier alpha value is -2.92. The van der Waals surface area contributed by atoms with E-state index in [9.17, 15) is 9.18 Å². The fourth-order valence-electron chi connectivity index (χ4n) is 3.22. The predicted molar refractivity (Wildman–Crippen MR) is 107 cm³/mol. The van der Waals surface area contributed by atoms with Gasteiger partial charge in [-0.25, -0.2) is 4.39 Å². The molecule has 2 aromatic heterocycles. The molecule has 1 unspecified atom stereocenters. The lowest BCUT2D eigenvalue weighted by molar-refractivity contribution is -0.121. The lowest BCUT2D eigenvalue weighted by Crippen LogP contribution is -2.29. The summed E-state index contributed by atoms with van der Waals surface area (Å²) < 4.78 is 15.4. The summed E-state index contributed by atoms with van der Waals surface area (Å²) >= 11 is 1.58. The van der Waals surface area contributed by atoms with Crippen molar-refractivity contribution in [3.63, 3.8) is 0 Å². The zero-order valence-corrected chi connectivity index (χ0v) is 15.5. The molecule has 0 aliphatic carbocycles. The van der Waals surface area contributed by atoms with Gasteiger partial charge in [0.1, 0.15) is 5.82 Å². The Morgan fingerprint density at radius 3 is 2.63 bits per heavy atom. The Kier molecular flexibility index (Phi) is 5.03. The van der Waals surface area contributed by atoms with Gasteiger partial charge in [0.2, 0.25) is 5.91 Å². The van der Waals surface area contributed by atoms with Crippen molar-refractivity contribution in [3.05, 3.63) is 94.6 Å². The molecule has 0 saturated carbocycles. The van der Waals surface area contributed by atoms with Crippen LogP contribution in [-0.2, 0) is 11.3 Å². The van der Waals surface area contributed by atoms with Crippen molar-refractivity contribution < 1.29 is 9.18 Å². The largest absolute Gasteiger partial charge is 0.347 e. The van der Waals surface area contributed by atoms with E-state index in [1.807, 2.05) is 35.8 Å². The van der Waals surface area contributed by atoms with Gasteiger partial charge >= 0.3 is 0 Å². The highest BCUT2D eigenvalue weighted by Gasteiger charge is 2.18. The Bertz CT molecular complexity index is 1040. The molecular weight excluding hydrogens is 359 g/mol. The number of nitrogens with zero attached hydrogens (tertiary/aromatic N) is 1. The molecule has 0 aliphatic heterocycles. The second-order valence-electron chi connectivity index (χ2n) is 6.39. The summed E-state index contributed by atoms with van der Waals surface area (Å²) in [6.45, 7) is 0.611. The van der Waals surface area contributed by atoms with E-state index in [2.05, 4.69) is 28.1 Å². The maximum absolute atomic E-state index is 13.3. The lowest BCUT2D eigenvalue weighted by atomic mass is 10.1. The highest BCUT2D eigenvalue weighted by Crippen LogP contribution is 2.26. The number of hydrogen-bond acceptors (Lipinski definition) is 2. The number of fused-ring (bicyclic) bond motifs is 1. The van der Waals surface area contributed by atoms with E-state index in [-0.39, 0.29) is 17.8 Å². The lowest BCUT2D eigenvalue weighted by Gasteiger charge is -2.18. The number of aryl methyl sites for hydroxylation is 1. The van der Waals surface area contributed by atoms with Crippen LogP contribution >= 0.6 is 11.3 Å². The molecule has 1 atom stereocenters. The van der Waals surface area contributed by atoms with Crippen LogP contribution in [0.15, 0.2) is 78.3 Å². The van der Waals surface area contributed by atoms with E-state index in [4.69, 9.17) is 0 Å². The molecule has 0 aliphatic rings. The molecule has 0 radical (unpaired) electrons. The molecule has 27 heavy (non-hydrogen) atoms. The molecule has 4 rings (SSSR count). The number of thiophene rings is 1. The average Bonchev–Trinajstić information content (AvgIpc) is 3.35. The highest BCUT2D eigenvalue weighted by atomic mass is 32.1. The molecule has 136 valence electrons. The third-order valence-electron chi connectivity index (χ3n) is 4.60. The topological polar surface area (TPSA) is 34.0 Å². The van der Waals surface area contributed by atoms with Gasteiger partial charge in [0.05, 0.1) is 6.04 Å². The molecule has 2 heterocycles. The number of para-hydroxylation sites is 1. The van der Waals surface area contributed by atoms with E-state index in [0.717, 1.165) is 16.0 Å². The molecular formula is C22H19FN2OS. The van der Waals surface area contributed by atoms with Crippen molar-refractivity contribution in [1.29, 1.82) is 0 Å². The first kappa shape index (κ1) is 17.5. The van der Waals surface area contributed by atoms with Crippen LogP contribution in [0, 0.1) is 5.82 Å². The molecule has 2 aromatic carbocycles. The number of benzene rings is 2. The van der Waals surface area contributed by atoms with Crippen molar-refractivity contribution in [2.45, 2.75) is 19.0 Å². The number of amides is 1. The van der Waals surface area contributed by atoms with Crippen molar-refractivity contribution >= 4 is 28.1 Å². The molecule has 0 bridgehead atoms. The van der Waals surface area contributed by atoms with E-state index in [1.165, 1.54) is 17.5 Å². The van der Waals surface area contributed by atoms with E-state index >= 15 is 0 Å². The van der Waals surface area contributed by atoms with Crippen LogP contribution in [-0.4, -0.2) is 10.5 Å². The predicted octanol–water partition coefficient (Wildman–Crippen LogP) is 5.14. The minimum Gasteiger partial charge on any atom is -0.347 e. The summed E-state index contributed by atoms with van der Waals surface area (Å²) in [6.07, 6.45) is 2.39. The van der Waals surface area contributed by atoms with Crippen molar-refractivity contribution in [1.82, 2.24) is 9.88 Å². The molecule has 5 heteroatoms. The highest BCUT2D eigenvalue weighted by molar-refractivity contribution is 7.10. The maximum atomic E-state index is 13.3. The number of hydrogen-bond donors (Lipinski definition) is 1. The van der Waals surface area contributed by atoms with Crippen LogP contribution in [0.2, 0.25) is 0 Å². The summed E-state index contributed by atoms with van der Waals surface area (Å²) in [7, 11) is 0. The van der Waals surface area contributed by atoms with Crippen LogP contribution in [0.3, 0.4) is 0 Å². The first-order valence-corrected chi connectivity index (χ1v) is 9.71. The monoisotopic (exact) mass is 378 g/mol. The van der Waals surface area contributed by atoms with Crippen LogP contribution < -0.4 is 5.32 Å². The molecule has 1 amide bonds. The van der Waals surface area contributed by atoms with E-state index < -0.39 is 0 Å². The fraction of sp³-hybridized carbons (Fsp3) is 0.136. The van der Waals surface area contributed by atoms with Crippen molar-refractivity contribution in [2.75, 3.05) is 0 Å². The van der Waals surface area contributed by atoms with Gasteiger partial charge in [0.15, 0.2) is 0 Å². The first-order chi connectivity index (χ1) is 13.2. The minimum atomic E-state index is -0.283. The SMILES string of the molecule is O=C(CCn1ccc2ccccc21)NC(c1ccc(F)cc1)c1cccs1. The standard InChI is InChI=1S/C22H19FN2OS/c23-18-9-7-17(8-10-18)22(20-6-3-15-27-20)24-21(26)12-14-25-13-11-16-4-1-2-5-19(16)25/h1-11,13,15,22H,12,14H2,(H,24,26). The first-order valence-electron chi connectivity index (χ1n) is 8.83. The second-order valence-corrected chi connectivity index (χ2v) is 7.36. The molecule has 1 N–H and O–H groups in total. The zero-order valence-electron chi connectivity index (χ0n) is 14.6. The van der Waals surface area contributed by atoms with Gasteiger partial charge in [-0.3, -0.25) is 4.79 Å². The Morgan fingerprint density at radius 2 is 1.85 bits per heavy atom. The number of rotatable bonds is 6. The molecule has 0 saturated heterocycles. The quantitative estimate of drug-likeness (QED) is 0.495. The average molecular weight is 378 g/mol. The zero-order chi connectivity index (χ0) is 18.6. The summed E-state index contributed by atoms with van der Waals surface area (Å²) in [5.41, 5.74) is 2.00. The van der Waals surface area contributed by atoms with Gasteiger partial charge in [-0.1, -0.05) is 36.4 Å². The summed E-state index contributed by atoms with van der Waals surface area (Å²) in [4.78, 5) is 13.7. The summed E-state index contributed by atoms with van der Waals surface area (Å²) in [5, 5.41) is 6.24. The smallest absolute Gasteiger partial charge is 0.222 e. The maximum Gasteiger partial charge on any atom is 0.222 e. The number of aromatic nitrogens is 1. The summed E-state index contributed by atoms with van der Waals surface area (Å²) in [5.74, 6) is -0.315. The number of carbonyl (C=O) groups is 1. The third kappa shape index (κ3) is 3.93. The van der Waals surface area contributed by atoms with Crippen LogP contribution in [0.4, 0.5) is 4.39 Å². The van der Waals surface area contributed by atoms with Gasteiger partial charge in [-0.15, -0.1) is 11.3 Å². The van der Waals surface area contributed by atoms with Gasteiger partial charge in [0.25, 0.3) is 0 Å². The molecule has 3 nitrogen and oxygen atoms in total. The number of carbonyl (C=O) groups excluding carboxylic acids is 1. The molecule has 0 fully saturated rings. The fourth-order valence-corrected chi connectivity index (χ4v) is 4.02. The second kappa shape index (κ2) is 7.76. The van der Waals surface area contributed by atoms with Crippen LogP contribution in [0.25, 0.3) is 10.9 Å². The Balaban J connectivity index is 1.48.